The molecule has 2 saturated heterocycles. The van der Waals surface area contributed by atoms with Gasteiger partial charge in [0, 0.05) is 0 Å². The zero-order valence-corrected chi connectivity index (χ0v) is 36.9. The summed E-state index contributed by atoms with van der Waals surface area (Å²) in [6.07, 6.45) is 4.88. The Labute approximate surface area is 306 Å². The molecule has 2 saturated carbocycles. The second-order valence-electron chi connectivity index (χ2n) is 23.1. The summed E-state index contributed by atoms with van der Waals surface area (Å²) in [5, 5.41) is 0. The van der Waals surface area contributed by atoms with E-state index in [0.29, 0.717) is 61.9 Å². The van der Waals surface area contributed by atoms with Crippen LogP contribution in [0.4, 0.5) is 0 Å². The normalized spacial score (nSPS) is 39.3. The van der Waals surface area contributed by atoms with Crippen molar-refractivity contribution in [1.29, 1.82) is 0 Å². The minimum absolute atomic E-state index is 0.0961. The Hall–Kier alpha value is 0.620. The lowest BCUT2D eigenvalue weighted by Crippen LogP contribution is -2.51. The molecule has 0 radical (unpaired) electrons. The van der Waals surface area contributed by atoms with Crippen LogP contribution in [-0.2, 0) is 27.1 Å². The van der Waals surface area contributed by atoms with Crippen molar-refractivity contribution in [2.24, 2.45) is 73.4 Å². The van der Waals surface area contributed by atoms with Gasteiger partial charge in [-0.3, -0.25) is 0 Å². The summed E-state index contributed by atoms with van der Waals surface area (Å²) >= 11 is 0. The van der Waals surface area contributed by atoms with Gasteiger partial charge in [-0.05, 0) is 93.7 Å². The summed E-state index contributed by atoms with van der Waals surface area (Å²) in [6.45, 7) is 45.1. The van der Waals surface area contributed by atoms with Crippen molar-refractivity contribution >= 4 is 17.2 Å². The lowest BCUT2D eigenvalue weighted by molar-refractivity contribution is -0.124. The molecule has 4 aliphatic rings. The molecule has 0 aromatic heterocycles. The molecule has 4 unspecified atom stereocenters. The maximum atomic E-state index is 6.96. The van der Waals surface area contributed by atoms with Gasteiger partial charge in [-0.25, -0.2) is 0 Å². The lowest BCUT2D eigenvalue weighted by Gasteiger charge is -2.54. The van der Waals surface area contributed by atoms with Crippen LogP contribution in [0.1, 0.15) is 150 Å². The van der Waals surface area contributed by atoms with E-state index in [0.717, 1.165) is 0 Å². The van der Waals surface area contributed by atoms with Crippen LogP contribution in [0.2, 0.25) is 0 Å². The molecule has 0 amide bonds. The molecule has 2 aliphatic heterocycles. The topological polar surface area (TPSA) is 55.4 Å². The SMILES string of the molecule is CC(C)(C)C1CC(C(C)(C)C)C(OP2OCC3(CO2)COP(OC2C(C(C)(C)C)CC(C(C)(C)C)CC2C(C)(C)C)OC3)C(C(C)(C)C)C1. The quantitative estimate of drug-likeness (QED) is 0.269. The molecule has 0 aromatic carbocycles. The van der Waals surface area contributed by atoms with Crippen molar-refractivity contribution in [3.8, 4) is 0 Å². The standard InChI is InChI=1S/C41H78O6P2/c1-35(2,3)27-19-29(37(7,8)9)33(30(20-27)38(10,11)12)46-48-42-23-41(24-43-48)25-44-49(45-26-41)47-34-31(39(13,14)15)21-28(36(4,5)6)22-32(34)40(16,17)18/h27-34H,19-26H2,1-18H3. The molecule has 8 heteroatoms. The molecule has 1 spiro atoms. The van der Waals surface area contributed by atoms with Gasteiger partial charge >= 0.3 is 17.2 Å². The molecule has 0 N–H and O–H groups in total. The third-order valence-corrected chi connectivity index (χ3v) is 15.2. The van der Waals surface area contributed by atoms with Crippen LogP contribution in [0.15, 0.2) is 0 Å². The van der Waals surface area contributed by atoms with E-state index in [9.17, 15) is 0 Å². The van der Waals surface area contributed by atoms with Gasteiger partial charge in [0.1, 0.15) is 0 Å². The first kappa shape index (κ1) is 42.4. The van der Waals surface area contributed by atoms with Crippen LogP contribution in [0.5, 0.6) is 0 Å². The molecular weight excluding hydrogens is 650 g/mol. The Kier molecular flexibility index (Phi) is 12.7. The van der Waals surface area contributed by atoms with Crippen molar-refractivity contribution in [2.45, 2.75) is 163 Å². The van der Waals surface area contributed by atoms with E-state index < -0.39 is 17.2 Å². The van der Waals surface area contributed by atoms with E-state index in [1.165, 1.54) is 25.7 Å². The largest absolute Gasteiger partial charge is 0.332 e. The molecule has 4 fully saturated rings. The maximum Gasteiger partial charge on any atom is 0.332 e. The summed E-state index contributed by atoms with van der Waals surface area (Å²) in [4.78, 5) is 0. The molecule has 0 bridgehead atoms. The van der Waals surface area contributed by atoms with Gasteiger partial charge < -0.3 is 27.1 Å². The average molecular weight is 729 g/mol. The van der Waals surface area contributed by atoms with Gasteiger partial charge in [0.15, 0.2) is 0 Å². The van der Waals surface area contributed by atoms with Crippen LogP contribution in [0, 0.1) is 73.4 Å². The summed E-state index contributed by atoms with van der Waals surface area (Å²) in [6, 6.07) is 0. The Morgan fingerprint density at radius 3 is 0.796 bits per heavy atom. The van der Waals surface area contributed by atoms with E-state index in [2.05, 4.69) is 125 Å². The Balaban J connectivity index is 1.41. The van der Waals surface area contributed by atoms with Crippen molar-refractivity contribution in [1.82, 2.24) is 0 Å². The third kappa shape index (κ3) is 10.4. The zero-order chi connectivity index (χ0) is 37.2. The fourth-order valence-corrected chi connectivity index (χ4v) is 11.9. The molecule has 0 aromatic rings. The number of hydrogen-bond donors (Lipinski definition) is 0. The molecule has 288 valence electrons. The maximum absolute atomic E-state index is 6.96. The molecule has 4 rings (SSSR count). The first-order valence-electron chi connectivity index (χ1n) is 19.5. The molecule has 49 heavy (non-hydrogen) atoms. The highest BCUT2D eigenvalue weighted by molar-refractivity contribution is 7.42. The van der Waals surface area contributed by atoms with Crippen LogP contribution in [0.25, 0.3) is 0 Å². The van der Waals surface area contributed by atoms with Gasteiger partial charge in [0.2, 0.25) is 0 Å². The van der Waals surface area contributed by atoms with E-state index in [1.54, 1.807) is 0 Å². The Morgan fingerprint density at radius 1 is 0.388 bits per heavy atom. The van der Waals surface area contributed by atoms with Crippen LogP contribution in [-0.4, -0.2) is 38.6 Å². The number of rotatable bonds is 4. The minimum Gasteiger partial charge on any atom is -0.311 e. The first-order chi connectivity index (χ1) is 22.0. The fraction of sp³-hybridized carbons (Fsp3) is 1.00. The highest BCUT2D eigenvalue weighted by Crippen LogP contribution is 2.61. The van der Waals surface area contributed by atoms with Crippen molar-refractivity contribution in [2.75, 3.05) is 26.4 Å². The smallest absolute Gasteiger partial charge is 0.311 e. The van der Waals surface area contributed by atoms with E-state index >= 15 is 0 Å². The monoisotopic (exact) mass is 729 g/mol. The van der Waals surface area contributed by atoms with Crippen LogP contribution in [0.3, 0.4) is 0 Å². The van der Waals surface area contributed by atoms with Gasteiger partial charge in [-0.15, -0.1) is 0 Å². The number of hydrogen-bond acceptors (Lipinski definition) is 6. The first-order valence-corrected chi connectivity index (χ1v) is 21.7. The second-order valence-corrected chi connectivity index (χ2v) is 25.5. The third-order valence-electron chi connectivity index (χ3n) is 13.0. The molecule has 2 aliphatic carbocycles. The Morgan fingerprint density at radius 2 is 0.612 bits per heavy atom. The summed E-state index contributed by atoms with van der Waals surface area (Å²) in [5.41, 5.74) is 0.688. The lowest BCUT2D eigenvalue weighted by atomic mass is 9.55. The summed E-state index contributed by atoms with van der Waals surface area (Å²) in [5.74, 6) is 3.02. The van der Waals surface area contributed by atoms with E-state index in [4.69, 9.17) is 27.1 Å². The minimum atomic E-state index is -1.45. The average Bonchev–Trinajstić information content (AvgIpc) is 2.92. The molecule has 4 atom stereocenters. The van der Waals surface area contributed by atoms with Crippen LogP contribution < -0.4 is 0 Å². The Bertz CT molecular complexity index is 931. The highest BCUT2D eigenvalue weighted by atomic mass is 31.2. The highest BCUT2D eigenvalue weighted by Gasteiger charge is 2.54. The summed E-state index contributed by atoms with van der Waals surface area (Å²) < 4.78 is 39.8. The van der Waals surface area contributed by atoms with Gasteiger partial charge in [0.25, 0.3) is 0 Å². The predicted octanol–water partition coefficient (Wildman–Crippen LogP) is 12.9. The molecule has 6 nitrogen and oxygen atoms in total. The van der Waals surface area contributed by atoms with Gasteiger partial charge in [-0.1, -0.05) is 125 Å². The fourth-order valence-electron chi connectivity index (χ4n) is 9.01. The van der Waals surface area contributed by atoms with Gasteiger partial charge in [-0.2, -0.15) is 0 Å². The van der Waals surface area contributed by atoms with Crippen LogP contribution >= 0.6 is 17.2 Å². The van der Waals surface area contributed by atoms with Crippen molar-refractivity contribution < 1.29 is 27.1 Å². The van der Waals surface area contributed by atoms with E-state index in [-0.39, 0.29) is 50.1 Å². The molecular formula is C41H78O6P2. The predicted molar refractivity (Wildman–Crippen MR) is 206 cm³/mol. The zero-order valence-electron chi connectivity index (χ0n) is 35.1. The van der Waals surface area contributed by atoms with Crippen molar-refractivity contribution in [3.63, 3.8) is 0 Å². The second kappa shape index (κ2) is 14.7. The summed E-state index contributed by atoms with van der Waals surface area (Å²) in [7, 11) is -2.90. The van der Waals surface area contributed by atoms with E-state index in [1.807, 2.05) is 0 Å². The molecule has 2 heterocycles. The van der Waals surface area contributed by atoms with Gasteiger partial charge in [0.05, 0.1) is 44.1 Å². The van der Waals surface area contributed by atoms with Crippen molar-refractivity contribution in [3.05, 3.63) is 0 Å².